The third-order valence-electron chi connectivity index (χ3n) is 4.92. The molecule has 0 fully saturated rings. The summed E-state index contributed by atoms with van der Waals surface area (Å²) < 4.78 is 0. The predicted molar refractivity (Wildman–Crippen MR) is 117 cm³/mol. The zero-order valence-corrected chi connectivity index (χ0v) is 17.0. The van der Waals surface area contributed by atoms with Gasteiger partial charge in [0, 0.05) is 18.7 Å². The molecule has 3 aromatic carbocycles. The van der Waals surface area contributed by atoms with Gasteiger partial charge in [-0.25, -0.2) is 0 Å². The number of benzene rings is 3. The number of hydrogen-bond donors (Lipinski definition) is 1. The Hall–Kier alpha value is -3.24. The maximum absolute atomic E-state index is 4.81. The van der Waals surface area contributed by atoms with Gasteiger partial charge >= 0.3 is 0 Å². The van der Waals surface area contributed by atoms with Gasteiger partial charge in [0.25, 0.3) is 0 Å². The molecule has 146 valence electrons. The first-order valence-electron chi connectivity index (χ1n) is 9.98. The van der Waals surface area contributed by atoms with E-state index >= 15 is 0 Å². The van der Waals surface area contributed by atoms with Crippen LogP contribution in [0.2, 0.25) is 0 Å². The highest BCUT2D eigenvalue weighted by Gasteiger charge is 2.13. The van der Waals surface area contributed by atoms with Crippen LogP contribution < -0.4 is 5.32 Å². The lowest BCUT2D eigenvalue weighted by atomic mass is 10.1. The van der Waals surface area contributed by atoms with Crippen molar-refractivity contribution in [1.82, 2.24) is 20.3 Å². The number of rotatable bonds is 7. The van der Waals surface area contributed by atoms with E-state index in [-0.39, 0.29) is 0 Å². The van der Waals surface area contributed by atoms with Crippen LogP contribution in [0.1, 0.15) is 27.9 Å². The van der Waals surface area contributed by atoms with Crippen molar-refractivity contribution in [3.8, 4) is 11.3 Å². The van der Waals surface area contributed by atoms with Gasteiger partial charge in [0.2, 0.25) is 0 Å². The summed E-state index contributed by atoms with van der Waals surface area (Å²) in [4.78, 5) is 1.81. The maximum Gasteiger partial charge on any atom is 0.117 e. The Morgan fingerprint density at radius 1 is 0.724 bits per heavy atom. The number of nitrogens with zero attached hydrogens (tertiary/aromatic N) is 3. The lowest BCUT2D eigenvalue weighted by Gasteiger charge is -2.05. The van der Waals surface area contributed by atoms with Gasteiger partial charge in [0.05, 0.1) is 6.54 Å². The lowest BCUT2D eigenvalue weighted by Crippen LogP contribution is -2.14. The molecule has 29 heavy (non-hydrogen) atoms. The summed E-state index contributed by atoms with van der Waals surface area (Å²) in [5.41, 5.74) is 8.00. The SMILES string of the molecule is Cc1ccc(CNCc2nn(Cc3cccc(C)c3)nc2-c2ccccc2)cc1. The molecular formula is C25H26N4. The number of nitrogens with one attached hydrogen (secondary N) is 1. The van der Waals surface area contributed by atoms with Crippen molar-refractivity contribution >= 4 is 0 Å². The van der Waals surface area contributed by atoms with E-state index < -0.39 is 0 Å². The average Bonchev–Trinajstić information content (AvgIpc) is 3.13. The second-order valence-corrected chi connectivity index (χ2v) is 7.47. The standard InChI is InChI=1S/C25H26N4/c1-19-11-13-21(14-12-19)16-26-17-24-25(23-9-4-3-5-10-23)28-29(27-24)18-22-8-6-7-20(2)15-22/h3-15,26H,16-18H2,1-2H3. The Bertz CT molecular complexity index is 1070. The third-order valence-corrected chi connectivity index (χ3v) is 4.92. The minimum atomic E-state index is 0.666. The molecule has 1 aromatic heterocycles. The first kappa shape index (κ1) is 19.1. The lowest BCUT2D eigenvalue weighted by molar-refractivity contribution is 0.576. The molecule has 0 spiro atoms. The molecule has 4 rings (SSSR count). The molecule has 0 radical (unpaired) electrons. The third kappa shape index (κ3) is 4.98. The van der Waals surface area contributed by atoms with Gasteiger partial charge in [-0.1, -0.05) is 90.0 Å². The number of aromatic nitrogens is 3. The molecule has 0 saturated heterocycles. The Morgan fingerprint density at radius 3 is 2.28 bits per heavy atom. The summed E-state index contributed by atoms with van der Waals surface area (Å²) in [6, 6.07) is 27.4. The number of aryl methyl sites for hydroxylation is 2. The summed E-state index contributed by atoms with van der Waals surface area (Å²) in [7, 11) is 0. The molecule has 0 aliphatic heterocycles. The Kier molecular flexibility index (Phi) is 5.82. The Labute approximate surface area is 172 Å². The van der Waals surface area contributed by atoms with E-state index in [0.29, 0.717) is 13.1 Å². The molecule has 4 aromatic rings. The molecule has 0 unspecified atom stereocenters. The van der Waals surface area contributed by atoms with Crippen molar-refractivity contribution in [2.24, 2.45) is 0 Å². The van der Waals surface area contributed by atoms with Crippen LogP contribution in [-0.2, 0) is 19.6 Å². The van der Waals surface area contributed by atoms with E-state index in [1.807, 2.05) is 18.2 Å². The van der Waals surface area contributed by atoms with Crippen LogP contribution in [0.5, 0.6) is 0 Å². The molecule has 4 nitrogen and oxygen atoms in total. The highest BCUT2D eigenvalue weighted by molar-refractivity contribution is 5.60. The topological polar surface area (TPSA) is 42.7 Å². The van der Waals surface area contributed by atoms with Crippen LogP contribution in [0.15, 0.2) is 78.9 Å². The molecule has 0 atom stereocenters. The van der Waals surface area contributed by atoms with Crippen molar-refractivity contribution in [3.63, 3.8) is 0 Å². The number of hydrogen-bond acceptors (Lipinski definition) is 3. The smallest absolute Gasteiger partial charge is 0.117 e. The van der Waals surface area contributed by atoms with E-state index in [4.69, 9.17) is 10.2 Å². The first-order chi connectivity index (χ1) is 14.2. The van der Waals surface area contributed by atoms with Crippen molar-refractivity contribution < 1.29 is 0 Å². The Balaban J connectivity index is 1.54. The van der Waals surface area contributed by atoms with Crippen LogP contribution in [0.3, 0.4) is 0 Å². The highest BCUT2D eigenvalue weighted by atomic mass is 15.5. The Morgan fingerprint density at radius 2 is 1.52 bits per heavy atom. The summed E-state index contributed by atoms with van der Waals surface area (Å²) in [6.45, 7) is 6.36. The van der Waals surface area contributed by atoms with Gasteiger partial charge in [0.1, 0.15) is 11.4 Å². The molecule has 4 heteroatoms. The van der Waals surface area contributed by atoms with Gasteiger partial charge in [-0.3, -0.25) is 0 Å². The van der Waals surface area contributed by atoms with E-state index in [0.717, 1.165) is 23.5 Å². The van der Waals surface area contributed by atoms with E-state index in [1.54, 1.807) is 4.80 Å². The minimum absolute atomic E-state index is 0.666. The molecule has 0 aliphatic carbocycles. The average molecular weight is 383 g/mol. The molecule has 0 aliphatic rings. The molecule has 1 N–H and O–H groups in total. The zero-order chi connectivity index (χ0) is 20.1. The summed E-state index contributed by atoms with van der Waals surface area (Å²) >= 11 is 0. The quantitative estimate of drug-likeness (QED) is 0.494. The van der Waals surface area contributed by atoms with Crippen LogP contribution in [0, 0.1) is 13.8 Å². The molecule has 0 bridgehead atoms. The van der Waals surface area contributed by atoms with Crippen LogP contribution in [0.4, 0.5) is 0 Å². The van der Waals surface area contributed by atoms with Crippen molar-refractivity contribution in [3.05, 3.63) is 107 Å². The minimum Gasteiger partial charge on any atom is -0.307 e. The van der Waals surface area contributed by atoms with Crippen LogP contribution in [0.25, 0.3) is 11.3 Å². The van der Waals surface area contributed by atoms with E-state index in [2.05, 4.69) is 79.8 Å². The van der Waals surface area contributed by atoms with Crippen molar-refractivity contribution in [2.45, 2.75) is 33.5 Å². The molecular weight excluding hydrogens is 356 g/mol. The van der Waals surface area contributed by atoms with Crippen molar-refractivity contribution in [1.29, 1.82) is 0 Å². The van der Waals surface area contributed by atoms with Crippen LogP contribution in [-0.4, -0.2) is 15.0 Å². The summed E-state index contributed by atoms with van der Waals surface area (Å²) in [5.74, 6) is 0. The zero-order valence-electron chi connectivity index (χ0n) is 17.0. The molecule has 0 saturated carbocycles. The fourth-order valence-corrected chi connectivity index (χ4v) is 3.40. The molecule has 1 heterocycles. The second kappa shape index (κ2) is 8.84. The van der Waals surface area contributed by atoms with Gasteiger partial charge in [-0.05, 0) is 25.0 Å². The summed E-state index contributed by atoms with van der Waals surface area (Å²) in [6.07, 6.45) is 0. The monoisotopic (exact) mass is 382 g/mol. The van der Waals surface area contributed by atoms with Gasteiger partial charge in [-0.15, -0.1) is 0 Å². The highest BCUT2D eigenvalue weighted by Crippen LogP contribution is 2.20. The predicted octanol–water partition coefficient (Wildman–Crippen LogP) is 4.90. The van der Waals surface area contributed by atoms with Gasteiger partial charge in [0.15, 0.2) is 0 Å². The van der Waals surface area contributed by atoms with E-state index in [1.165, 1.54) is 22.3 Å². The summed E-state index contributed by atoms with van der Waals surface area (Å²) in [5, 5.41) is 13.1. The van der Waals surface area contributed by atoms with Gasteiger partial charge in [-0.2, -0.15) is 15.0 Å². The van der Waals surface area contributed by atoms with Crippen LogP contribution >= 0.6 is 0 Å². The largest absolute Gasteiger partial charge is 0.307 e. The second-order valence-electron chi connectivity index (χ2n) is 7.47. The maximum atomic E-state index is 4.81. The fraction of sp³-hybridized carbons (Fsp3) is 0.200. The fourth-order valence-electron chi connectivity index (χ4n) is 3.40. The van der Waals surface area contributed by atoms with Gasteiger partial charge < -0.3 is 5.32 Å². The molecule has 0 amide bonds. The first-order valence-corrected chi connectivity index (χ1v) is 9.98. The van der Waals surface area contributed by atoms with E-state index in [9.17, 15) is 0 Å². The normalized spacial score (nSPS) is 11.0. The van der Waals surface area contributed by atoms with Crippen molar-refractivity contribution in [2.75, 3.05) is 0 Å².